The molecule has 5 nitrogen and oxygen atoms in total. The number of rotatable bonds is 3. The molecule has 1 unspecified atom stereocenters. The Morgan fingerprint density at radius 3 is 2.81 bits per heavy atom. The highest BCUT2D eigenvalue weighted by Gasteiger charge is 2.22. The smallest absolute Gasteiger partial charge is 0.159 e. The number of hydrogen-bond donors (Lipinski definition) is 1. The van der Waals surface area contributed by atoms with E-state index >= 15 is 0 Å². The first-order valence-corrected chi connectivity index (χ1v) is 6.78. The molecule has 2 heterocycles. The van der Waals surface area contributed by atoms with E-state index in [0.29, 0.717) is 18.7 Å². The number of aromatic nitrogens is 3. The van der Waals surface area contributed by atoms with Gasteiger partial charge in [-0.1, -0.05) is 6.07 Å². The van der Waals surface area contributed by atoms with Gasteiger partial charge < -0.3 is 9.67 Å². The monoisotopic (exact) mass is 294 g/mol. The quantitative estimate of drug-likeness (QED) is 0.930. The van der Waals surface area contributed by atoms with Gasteiger partial charge in [0.05, 0.1) is 12.6 Å². The van der Waals surface area contributed by atoms with Gasteiger partial charge in [0.25, 0.3) is 0 Å². The van der Waals surface area contributed by atoms with Crippen LogP contribution in [0.15, 0.2) is 18.2 Å². The lowest BCUT2D eigenvalue weighted by Crippen LogP contribution is -2.36. The summed E-state index contributed by atoms with van der Waals surface area (Å²) in [6.45, 7) is 4.35. The summed E-state index contributed by atoms with van der Waals surface area (Å²) in [5, 5.41) is 18.3. The fraction of sp³-hybridized carbons (Fsp3) is 0.429. The fourth-order valence-corrected chi connectivity index (χ4v) is 2.58. The minimum absolute atomic E-state index is 0.344. The number of hydrogen-bond acceptors (Lipinski definition) is 4. The van der Waals surface area contributed by atoms with Gasteiger partial charge in [0.1, 0.15) is 11.6 Å². The minimum Gasteiger partial charge on any atom is -0.387 e. The zero-order chi connectivity index (χ0) is 15.0. The van der Waals surface area contributed by atoms with E-state index in [1.807, 2.05) is 16.4 Å². The summed E-state index contributed by atoms with van der Waals surface area (Å²) in [6.07, 6.45) is -0.865. The van der Waals surface area contributed by atoms with Crippen LogP contribution in [-0.4, -0.2) is 37.9 Å². The van der Waals surface area contributed by atoms with Crippen LogP contribution in [-0.2, 0) is 13.1 Å². The highest BCUT2D eigenvalue weighted by Crippen LogP contribution is 2.20. The molecule has 7 heteroatoms. The number of aryl methyl sites for hydroxylation is 1. The largest absolute Gasteiger partial charge is 0.387 e. The van der Waals surface area contributed by atoms with E-state index in [9.17, 15) is 13.9 Å². The summed E-state index contributed by atoms with van der Waals surface area (Å²) < 4.78 is 28.1. The van der Waals surface area contributed by atoms with Gasteiger partial charge in [-0.15, -0.1) is 10.2 Å². The maximum Gasteiger partial charge on any atom is 0.159 e. The molecule has 1 aliphatic heterocycles. The molecule has 21 heavy (non-hydrogen) atoms. The molecule has 0 saturated heterocycles. The molecule has 1 N–H and O–H groups in total. The Balaban J connectivity index is 1.68. The maximum absolute atomic E-state index is 13.2. The van der Waals surface area contributed by atoms with E-state index in [2.05, 4.69) is 10.2 Å². The molecule has 2 aromatic rings. The average molecular weight is 294 g/mol. The second-order valence-electron chi connectivity index (χ2n) is 5.24. The summed E-state index contributed by atoms with van der Waals surface area (Å²) in [5.41, 5.74) is 0.372. The molecule has 1 aromatic heterocycles. The average Bonchev–Trinajstić information content (AvgIpc) is 2.83. The normalized spacial score (nSPS) is 16.8. The molecule has 112 valence electrons. The predicted octanol–water partition coefficient (Wildman–Crippen LogP) is 1.41. The Kier molecular flexibility index (Phi) is 3.69. The van der Waals surface area contributed by atoms with Crippen molar-refractivity contribution in [3.05, 3.63) is 47.0 Å². The zero-order valence-electron chi connectivity index (χ0n) is 11.6. The Morgan fingerprint density at radius 1 is 1.24 bits per heavy atom. The van der Waals surface area contributed by atoms with Crippen LogP contribution < -0.4 is 0 Å². The van der Waals surface area contributed by atoms with Crippen molar-refractivity contribution in [2.75, 3.05) is 13.1 Å². The van der Waals surface area contributed by atoms with Crippen molar-refractivity contribution in [1.29, 1.82) is 0 Å². The Hall–Kier alpha value is -1.86. The summed E-state index contributed by atoms with van der Waals surface area (Å²) in [6, 6.07) is 3.47. The number of halogens is 2. The SMILES string of the molecule is Cc1nnc2n1CCN(CC(O)c1ccc(F)c(F)c1)C2. The number of aliphatic hydroxyl groups excluding tert-OH is 1. The van der Waals surface area contributed by atoms with E-state index in [1.54, 1.807) is 0 Å². The maximum atomic E-state index is 13.2. The first-order valence-electron chi connectivity index (χ1n) is 6.78. The molecule has 0 saturated carbocycles. The van der Waals surface area contributed by atoms with Crippen LogP contribution in [0.3, 0.4) is 0 Å². The number of fused-ring (bicyclic) bond motifs is 1. The molecule has 0 amide bonds. The molecule has 0 fully saturated rings. The molecule has 0 radical (unpaired) electrons. The van der Waals surface area contributed by atoms with Crippen molar-refractivity contribution >= 4 is 0 Å². The van der Waals surface area contributed by atoms with Gasteiger partial charge in [-0.05, 0) is 24.6 Å². The van der Waals surface area contributed by atoms with Crippen molar-refractivity contribution < 1.29 is 13.9 Å². The molecule has 1 atom stereocenters. The Labute approximate surface area is 120 Å². The molecular weight excluding hydrogens is 278 g/mol. The molecule has 0 aliphatic carbocycles. The van der Waals surface area contributed by atoms with E-state index < -0.39 is 17.7 Å². The van der Waals surface area contributed by atoms with Crippen LogP contribution in [0.5, 0.6) is 0 Å². The van der Waals surface area contributed by atoms with Gasteiger partial charge in [0.2, 0.25) is 0 Å². The van der Waals surface area contributed by atoms with Crippen molar-refractivity contribution in [3.63, 3.8) is 0 Å². The summed E-state index contributed by atoms with van der Waals surface area (Å²) in [4.78, 5) is 2.02. The molecular formula is C14H16F2N4O. The second kappa shape index (κ2) is 5.50. The summed E-state index contributed by atoms with van der Waals surface area (Å²) >= 11 is 0. The summed E-state index contributed by atoms with van der Waals surface area (Å²) in [5.74, 6) is -0.116. The third kappa shape index (κ3) is 2.79. The van der Waals surface area contributed by atoms with Crippen LogP contribution in [0.25, 0.3) is 0 Å². The highest BCUT2D eigenvalue weighted by atomic mass is 19.2. The van der Waals surface area contributed by atoms with E-state index in [4.69, 9.17) is 0 Å². The highest BCUT2D eigenvalue weighted by molar-refractivity contribution is 5.20. The molecule has 3 rings (SSSR count). The number of nitrogens with zero attached hydrogens (tertiary/aromatic N) is 4. The van der Waals surface area contributed by atoms with E-state index in [0.717, 1.165) is 36.9 Å². The predicted molar refractivity (Wildman–Crippen MR) is 71.4 cm³/mol. The van der Waals surface area contributed by atoms with Crippen molar-refractivity contribution in [2.45, 2.75) is 26.1 Å². The van der Waals surface area contributed by atoms with Crippen LogP contribution >= 0.6 is 0 Å². The van der Waals surface area contributed by atoms with Gasteiger partial charge >= 0.3 is 0 Å². The second-order valence-corrected chi connectivity index (χ2v) is 5.24. The first kappa shape index (κ1) is 14.1. The topological polar surface area (TPSA) is 54.2 Å². The molecule has 0 bridgehead atoms. The van der Waals surface area contributed by atoms with Gasteiger partial charge in [0, 0.05) is 19.6 Å². The lowest BCUT2D eigenvalue weighted by atomic mass is 10.1. The van der Waals surface area contributed by atoms with Crippen LogP contribution in [0, 0.1) is 18.6 Å². The zero-order valence-corrected chi connectivity index (χ0v) is 11.6. The molecule has 0 spiro atoms. The van der Waals surface area contributed by atoms with Crippen molar-refractivity contribution in [3.8, 4) is 0 Å². The third-order valence-electron chi connectivity index (χ3n) is 3.78. The van der Waals surface area contributed by atoms with Crippen LogP contribution in [0.1, 0.15) is 23.3 Å². The van der Waals surface area contributed by atoms with Gasteiger partial charge in [-0.3, -0.25) is 4.90 Å². The standard InChI is InChI=1S/C14H16F2N4O/c1-9-17-18-14-8-19(4-5-20(9)14)7-13(21)10-2-3-11(15)12(16)6-10/h2-3,6,13,21H,4-5,7-8H2,1H3. The first-order chi connectivity index (χ1) is 10.0. The third-order valence-corrected chi connectivity index (χ3v) is 3.78. The van der Waals surface area contributed by atoms with E-state index in [-0.39, 0.29) is 0 Å². The molecule has 1 aromatic carbocycles. The minimum atomic E-state index is -0.944. The lowest BCUT2D eigenvalue weighted by Gasteiger charge is -2.29. The lowest BCUT2D eigenvalue weighted by molar-refractivity contribution is 0.0957. The van der Waals surface area contributed by atoms with Gasteiger partial charge in [0.15, 0.2) is 11.6 Å². The fourth-order valence-electron chi connectivity index (χ4n) is 2.58. The van der Waals surface area contributed by atoms with Gasteiger partial charge in [-0.25, -0.2) is 8.78 Å². The molecule has 1 aliphatic rings. The number of β-amino-alcohol motifs (C(OH)–C–C–N with tert-alkyl or cyclic N) is 1. The van der Waals surface area contributed by atoms with Crippen LogP contribution in [0.4, 0.5) is 8.78 Å². The Bertz CT molecular complexity index is 658. The van der Waals surface area contributed by atoms with Crippen molar-refractivity contribution in [1.82, 2.24) is 19.7 Å². The Morgan fingerprint density at radius 2 is 2.05 bits per heavy atom. The number of aliphatic hydroxyl groups is 1. The number of benzene rings is 1. The summed E-state index contributed by atoms with van der Waals surface area (Å²) in [7, 11) is 0. The van der Waals surface area contributed by atoms with Gasteiger partial charge in [-0.2, -0.15) is 0 Å². The van der Waals surface area contributed by atoms with Crippen molar-refractivity contribution in [2.24, 2.45) is 0 Å². The van der Waals surface area contributed by atoms with Crippen LogP contribution in [0.2, 0.25) is 0 Å². The van der Waals surface area contributed by atoms with E-state index in [1.165, 1.54) is 6.07 Å².